The predicted octanol–water partition coefficient (Wildman–Crippen LogP) is 3.48. The molecule has 1 heterocycles. The fraction of sp³-hybridized carbons (Fsp3) is 0.154. The molecule has 0 spiro atoms. The largest absolute Gasteiger partial charge is 0.383 e. The van der Waals surface area contributed by atoms with Crippen molar-refractivity contribution in [2.45, 2.75) is 6.92 Å². The van der Waals surface area contributed by atoms with E-state index in [1.165, 1.54) is 11.3 Å². The summed E-state index contributed by atoms with van der Waals surface area (Å²) in [4.78, 5) is 22.4. The third-order valence-electron chi connectivity index (χ3n) is 2.67. The van der Waals surface area contributed by atoms with E-state index in [4.69, 9.17) is 0 Å². The monoisotopic (exact) mass is 309 g/mol. The minimum Gasteiger partial charge on any atom is -0.383 e. The molecule has 0 atom stereocenters. The standard InChI is InChI=1S/C13H12FN3O3S/c1-2-15-11-5-9(12(17(19)20)6-10(11)14)13(18)16-8-3-4-21-7-8/h3-7,15H,2H2,1H3,(H,16,18). The third-order valence-corrected chi connectivity index (χ3v) is 3.36. The fourth-order valence-corrected chi connectivity index (χ4v) is 2.34. The third kappa shape index (κ3) is 3.34. The number of nitrogens with one attached hydrogen (secondary N) is 2. The van der Waals surface area contributed by atoms with E-state index in [0.29, 0.717) is 12.2 Å². The highest BCUT2D eigenvalue weighted by atomic mass is 32.1. The normalized spacial score (nSPS) is 10.2. The van der Waals surface area contributed by atoms with Crippen LogP contribution in [0.4, 0.5) is 21.5 Å². The molecule has 6 nitrogen and oxygen atoms in total. The second kappa shape index (κ2) is 6.31. The summed E-state index contributed by atoms with van der Waals surface area (Å²) in [5, 5.41) is 19.7. The van der Waals surface area contributed by atoms with E-state index in [1.54, 1.807) is 23.8 Å². The molecule has 0 fully saturated rings. The Bertz CT molecular complexity index is 674. The highest BCUT2D eigenvalue weighted by Crippen LogP contribution is 2.27. The van der Waals surface area contributed by atoms with Gasteiger partial charge in [0, 0.05) is 11.9 Å². The summed E-state index contributed by atoms with van der Waals surface area (Å²) in [6, 6.07) is 3.57. The Balaban J connectivity index is 2.41. The summed E-state index contributed by atoms with van der Waals surface area (Å²) in [5.41, 5.74) is -0.169. The van der Waals surface area contributed by atoms with Gasteiger partial charge < -0.3 is 10.6 Å². The molecule has 0 bridgehead atoms. The van der Waals surface area contributed by atoms with Crippen LogP contribution >= 0.6 is 11.3 Å². The van der Waals surface area contributed by atoms with Crippen LogP contribution in [0.3, 0.4) is 0 Å². The number of halogens is 1. The van der Waals surface area contributed by atoms with Gasteiger partial charge in [-0.1, -0.05) is 0 Å². The molecule has 8 heteroatoms. The second-order valence-electron chi connectivity index (χ2n) is 4.10. The van der Waals surface area contributed by atoms with Gasteiger partial charge in [-0.05, 0) is 24.4 Å². The molecular formula is C13H12FN3O3S. The number of anilines is 2. The topological polar surface area (TPSA) is 84.3 Å². The van der Waals surface area contributed by atoms with Crippen LogP contribution in [0, 0.1) is 15.9 Å². The maximum absolute atomic E-state index is 13.7. The Kier molecular flexibility index (Phi) is 4.49. The molecule has 0 unspecified atom stereocenters. The van der Waals surface area contributed by atoms with Crippen molar-refractivity contribution < 1.29 is 14.1 Å². The first-order chi connectivity index (χ1) is 10.0. The van der Waals surface area contributed by atoms with Crippen molar-refractivity contribution in [3.8, 4) is 0 Å². The van der Waals surface area contributed by atoms with Crippen LogP contribution in [-0.4, -0.2) is 17.4 Å². The van der Waals surface area contributed by atoms with Crippen LogP contribution in [0.15, 0.2) is 29.0 Å². The molecule has 2 aromatic rings. The van der Waals surface area contributed by atoms with Gasteiger partial charge in [0.15, 0.2) is 5.82 Å². The summed E-state index contributed by atoms with van der Waals surface area (Å²) in [5.74, 6) is -1.42. The number of rotatable bonds is 5. The van der Waals surface area contributed by atoms with Gasteiger partial charge in [-0.2, -0.15) is 11.3 Å². The first-order valence-corrected chi connectivity index (χ1v) is 7.02. The number of nitro groups is 1. The van der Waals surface area contributed by atoms with E-state index in [2.05, 4.69) is 10.6 Å². The average molecular weight is 309 g/mol. The number of nitrogens with zero attached hydrogens (tertiary/aromatic N) is 1. The lowest BCUT2D eigenvalue weighted by atomic mass is 10.1. The van der Waals surface area contributed by atoms with Crippen molar-refractivity contribution in [1.29, 1.82) is 0 Å². The molecule has 0 aliphatic carbocycles. The Morgan fingerprint density at radius 2 is 2.24 bits per heavy atom. The smallest absolute Gasteiger partial charge is 0.285 e. The number of amides is 1. The lowest BCUT2D eigenvalue weighted by Crippen LogP contribution is -2.15. The van der Waals surface area contributed by atoms with Gasteiger partial charge in [-0.25, -0.2) is 4.39 Å². The van der Waals surface area contributed by atoms with Gasteiger partial charge in [-0.15, -0.1) is 0 Å². The van der Waals surface area contributed by atoms with Crippen LogP contribution in [0.25, 0.3) is 0 Å². The number of benzene rings is 1. The number of nitro benzene ring substituents is 1. The van der Waals surface area contributed by atoms with Gasteiger partial charge >= 0.3 is 0 Å². The first-order valence-electron chi connectivity index (χ1n) is 6.08. The van der Waals surface area contributed by atoms with Crippen molar-refractivity contribution in [2.75, 3.05) is 17.2 Å². The maximum atomic E-state index is 13.7. The van der Waals surface area contributed by atoms with Gasteiger partial charge in [-0.3, -0.25) is 14.9 Å². The summed E-state index contributed by atoms with van der Waals surface area (Å²) < 4.78 is 13.7. The van der Waals surface area contributed by atoms with Crippen LogP contribution < -0.4 is 10.6 Å². The second-order valence-corrected chi connectivity index (χ2v) is 4.88. The summed E-state index contributed by atoms with van der Waals surface area (Å²) in [7, 11) is 0. The zero-order chi connectivity index (χ0) is 15.4. The Morgan fingerprint density at radius 3 is 2.81 bits per heavy atom. The molecule has 110 valence electrons. The molecule has 2 N–H and O–H groups in total. The Hall–Kier alpha value is -2.48. The zero-order valence-electron chi connectivity index (χ0n) is 11.1. The molecule has 1 aromatic heterocycles. The average Bonchev–Trinajstić information content (AvgIpc) is 2.93. The number of thiophene rings is 1. The van der Waals surface area contributed by atoms with E-state index < -0.39 is 22.3 Å². The summed E-state index contributed by atoms with van der Waals surface area (Å²) in [6.45, 7) is 2.19. The molecule has 0 aliphatic rings. The van der Waals surface area contributed by atoms with Gasteiger partial charge in [0.05, 0.1) is 22.4 Å². The molecule has 0 saturated heterocycles. The molecule has 21 heavy (non-hydrogen) atoms. The minimum atomic E-state index is -0.776. The maximum Gasteiger partial charge on any atom is 0.285 e. The number of hydrogen-bond acceptors (Lipinski definition) is 5. The Labute approximate surface area is 123 Å². The van der Waals surface area contributed by atoms with Crippen LogP contribution in [-0.2, 0) is 0 Å². The fourth-order valence-electron chi connectivity index (χ4n) is 1.76. The van der Waals surface area contributed by atoms with Gasteiger partial charge in [0.2, 0.25) is 0 Å². The van der Waals surface area contributed by atoms with E-state index >= 15 is 0 Å². The number of hydrogen-bond donors (Lipinski definition) is 2. The van der Waals surface area contributed by atoms with Crippen LogP contribution in [0.5, 0.6) is 0 Å². The Morgan fingerprint density at radius 1 is 1.48 bits per heavy atom. The molecule has 1 aromatic carbocycles. The van der Waals surface area contributed by atoms with Crippen molar-refractivity contribution >= 4 is 34.3 Å². The molecule has 0 radical (unpaired) electrons. The minimum absolute atomic E-state index is 0.0542. The molecule has 0 aliphatic heterocycles. The summed E-state index contributed by atoms with van der Waals surface area (Å²) >= 11 is 1.38. The van der Waals surface area contributed by atoms with E-state index in [-0.39, 0.29) is 11.3 Å². The number of carbonyl (C=O) groups is 1. The lowest BCUT2D eigenvalue weighted by molar-refractivity contribution is -0.385. The zero-order valence-corrected chi connectivity index (χ0v) is 11.9. The predicted molar refractivity (Wildman–Crippen MR) is 79.5 cm³/mol. The van der Waals surface area contributed by atoms with Gasteiger partial charge in [0.1, 0.15) is 5.56 Å². The van der Waals surface area contributed by atoms with Crippen molar-refractivity contribution in [3.05, 3.63) is 50.5 Å². The van der Waals surface area contributed by atoms with E-state index in [1.807, 2.05) is 0 Å². The summed E-state index contributed by atoms with van der Waals surface area (Å²) in [6.07, 6.45) is 0. The highest BCUT2D eigenvalue weighted by molar-refractivity contribution is 7.08. The number of carbonyl (C=O) groups excluding carboxylic acids is 1. The van der Waals surface area contributed by atoms with Crippen molar-refractivity contribution in [2.24, 2.45) is 0 Å². The van der Waals surface area contributed by atoms with Crippen LogP contribution in [0.1, 0.15) is 17.3 Å². The SMILES string of the molecule is CCNc1cc(C(=O)Nc2ccsc2)c([N+](=O)[O-])cc1F. The lowest BCUT2D eigenvalue weighted by Gasteiger charge is -2.09. The quantitative estimate of drug-likeness (QED) is 0.654. The van der Waals surface area contributed by atoms with E-state index in [0.717, 1.165) is 12.1 Å². The van der Waals surface area contributed by atoms with Crippen LogP contribution in [0.2, 0.25) is 0 Å². The molecule has 1 amide bonds. The molecule has 2 rings (SSSR count). The van der Waals surface area contributed by atoms with Gasteiger partial charge in [0.25, 0.3) is 11.6 Å². The van der Waals surface area contributed by atoms with Crippen molar-refractivity contribution in [1.82, 2.24) is 0 Å². The molecular weight excluding hydrogens is 297 g/mol. The van der Waals surface area contributed by atoms with E-state index in [9.17, 15) is 19.3 Å². The molecule has 0 saturated carbocycles. The first kappa shape index (κ1) is 14.9. The highest BCUT2D eigenvalue weighted by Gasteiger charge is 2.23. The van der Waals surface area contributed by atoms with Crippen molar-refractivity contribution in [3.63, 3.8) is 0 Å².